The third-order valence-electron chi connectivity index (χ3n) is 5.37. The van der Waals surface area contributed by atoms with Crippen molar-refractivity contribution in [2.24, 2.45) is 5.92 Å². The fourth-order valence-electron chi connectivity index (χ4n) is 4.58. The maximum atomic E-state index is 9.53. The first-order valence-electron chi connectivity index (χ1n) is 7.68. The van der Waals surface area contributed by atoms with Crippen LogP contribution >= 0.6 is 0 Å². The van der Waals surface area contributed by atoms with Gasteiger partial charge in [-0.1, -0.05) is 6.92 Å². The van der Waals surface area contributed by atoms with E-state index >= 15 is 0 Å². The summed E-state index contributed by atoms with van der Waals surface area (Å²) in [5.41, 5.74) is -0.237. The van der Waals surface area contributed by atoms with Gasteiger partial charge in [-0.05, 0) is 57.4 Å². The molecule has 100 valence electrons. The minimum atomic E-state index is -0.237. The van der Waals surface area contributed by atoms with E-state index in [9.17, 15) is 5.26 Å². The summed E-state index contributed by atoms with van der Waals surface area (Å²) < 4.78 is 0. The molecule has 1 aliphatic heterocycles. The second kappa shape index (κ2) is 4.83. The van der Waals surface area contributed by atoms with Crippen LogP contribution in [0.1, 0.15) is 51.9 Å². The Balaban J connectivity index is 1.69. The van der Waals surface area contributed by atoms with Crippen molar-refractivity contribution in [3.05, 3.63) is 0 Å². The Morgan fingerprint density at radius 1 is 1.33 bits per heavy atom. The lowest BCUT2D eigenvalue weighted by molar-refractivity contribution is 0.0913. The number of likely N-dealkylation sites (tertiary alicyclic amines) is 1. The number of fused-ring (bicyclic) bond motifs is 2. The third kappa shape index (κ3) is 2.06. The first-order chi connectivity index (χ1) is 8.76. The molecular formula is C15H25N3. The molecule has 1 N–H and O–H groups in total. The number of piperidine rings is 1. The number of nitrogens with zero attached hydrogens (tertiary/aromatic N) is 2. The topological polar surface area (TPSA) is 39.1 Å². The van der Waals surface area contributed by atoms with Crippen molar-refractivity contribution >= 4 is 0 Å². The molecule has 1 heterocycles. The molecule has 4 atom stereocenters. The Morgan fingerprint density at radius 2 is 2.22 bits per heavy atom. The van der Waals surface area contributed by atoms with E-state index in [0.717, 1.165) is 31.3 Å². The minimum absolute atomic E-state index is 0.237. The Bertz CT molecular complexity index is 344. The smallest absolute Gasteiger partial charge is 0.108 e. The fraction of sp³-hybridized carbons (Fsp3) is 0.933. The highest BCUT2D eigenvalue weighted by Gasteiger charge is 2.45. The van der Waals surface area contributed by atoms with Gasteiger partial charge in [0.15, 0.2) is 0 Å². The van der Waals surface area contributed by atoms with E-state index in [4.69, 9.17) is 0 Å². The van der Waals surface area contributed by atoms with Gasteiger partial charge in [0.1, 0.15) is 5.54 Å². The van der Waals surface area contributed by atoms with Crippen molar-refractivity contribution in [2.45, 2.75) is 69.5 Å². The van der Waals surface area contributed by atoms with Gasteiger partial charge in [-0.25, -0.2) is 0 Å². The molecular weight excluding hydrogens is 222 g/mol. The fourth-order valence-corrected chi connectivity index (χ4v) is 4.58. The summed E-state index contributed by atoms with van der Waals surface area (Å²) in [5, 5.41) is 13.0. The quantitative estimate of drug-likeness (QED) is 0.831. The number of hydrogen-bond acceptors (Lipinski definition) is 3. The van der Waals surface area contributed by atoms with Crippen LogP contribution in [0.2, 0.25) is 0 Å². The van der Waals surface area contributed by atoms with E-state index in [0.29, 0.717) is 6.04 Å². The van der Waals surface area contributed by atoms with Crippen LogP contribution in [0, 0.1) is 17.2 Å². The molecule has 0 amide bonds. The van der Waals surface area contributed by atoms with E-state index in [1.807, 2.05) is 0 Å². The number of hydrogen-bond donors (Lipinski definition) is 1. The van der Waals surface area contributed by atoms with Gasteiger partial charge in [0.25, 0.3) is 0 Å². The second-order valence-corrected chi connectivity index (χ2v) is 6.50. The summed E-state index contributed by atoms with van der Waals surface area (Å²) in [4.78, 5) is 2.75. The Labute approximate surface area is 111 Å². The van der Waals surface area contributed by atoms with Crippen LogP contribution in [0.4, 0.5) is 0 Å². The summed E-state index contributed by atoms with van der Waals surface area (Å²) in [5.74, 6) is 0.965. The SMILES string of the molecule is CCNC1(C#N)CCCC(N2CC3CCC2C3)C1. The van der Waals surface area contributed by atoms with Gasteiger partial charge in [0.2, 0.25) is 0 Å². The van der Waals surface area contributed by atoms with Crippen molar-refractivity contribution in [1.29, 1.82) is 5.26 Å². The summed E-state index contributed by atoms with van der Waals surface area (Å²) in [6.45, 7) is 4.33. The van der Waals surface area contributed by atoms with E-state index < -0.39 is 0 Å². The molecule has 0 aromatic heterocycles. The van der Waals surface area contributed by atoms with Crippen LogP contribution in [0.3, 0.4) is 0 Å². The molecule has 0 radical (unpaired) electrons. The van der Waals surface area contributed by atoms with Gasteiger partial charge in [0.05, 0.1) is 6.07 Å². The highest BCUT2D eigenvalue weighted by Crippen LogP contribution is 2.42. The predicted octanol–water partition coefficient (Wildman–Crippen LogP) is 2.29. The standard InChI is InChI=1S/C15H25N3/c1-2-17-15(11-16)7-3-4-14(9-15)18-10-12-5-6-13(18)8-12/h12-14,17H,2-10H2,1H3. The van der Waals surface area contributed by atoms with Crippen molar-refractivity contribution in [3.8, 4) is 6.07 Å². The molecule has 3 nitrogen and oxygen atoms in total. The highest BCUT2D eigenvalue weighted by atomic mass is 15.2. The molecule has 0 spiro atoms. The van der Waals surface area contributed by atoms with Crippen LogP contribution in [-0.4, -0.2) is 35.6 Å². The second-order valence-electron chi connectivity index (χ2n) is 6.50. The highest BCUT2D eigenvalue weighted by molar-refractivity contribution is 5.12. The number of nitriles is 1. The molecule has 18 heavy (non-hydrogen) atoms. The van der Waals surface area contributed by atoms with Gasteiger partial charge in [-0.2, -0.15) is 5.26 Å². The average Bonchev–Trinajstić information content (AvgIpc) is 3.02. The lowest BCUT2D eigenvalue weighted by Crippen LogP contribution is -2.54. The monoisotopic (exact) mass is 247 g/mol. The van der Waals surface area contributed by atoms with E-state index in [2.05, 4.69) is 23.2 Å². The Kier molecular flexibility index (Phi) is 3.34. The Hall–Kier alpha value is -0.590. The maximum Gasteiger partial charge on any atom is 0.108 e. The summed E-state index contributed by atoms with van der Waals surface area (Å²) in [7, 11) is 0. The normalized spacial score (nSPS) is 44.1. The molecule has 0 aromatic carbocycles. The van der Waals surface area contributed by atoms with E-state index in [1.165, 1.54) is 38.6 Å². The summed E-state index contributed by atoms with van der Waals surface area (Å²) in [6, 6.07) is 4.08. The van der Waals surface area contributed by atoms with Crippen LogP contribution < -0.4 is 5.32 Å². The van der Waals surface area contributed by atoms with E-state index in [1.54, 1.807) is 0 Å². The summed E-state index contributed by atoms with van der Waals surface area (Å²) >= 11 is 0. The zero-order valence-corrected chi connectivity index (χ0v) is 11.5. The first-order valence-corrected chi connectivity index (χ1v) is 7.68. The molecule has 3 rings (SSSR count). The molecule has 3 heteroatoms. The molecule has 2 bridgehead atoms. The van der Waals surface area contributed by atoms with Gasteiger partial charge in [-0.15, -0.1) is 0 Å². The maximum absolute atomic E-state index is 9.53. The van der Waals surface area contributed by atoms with Crippen molar-refractivity contribution in [3.63, 3.8) is 0 Å². The van der Waals surface area contributed by atoms with Crippen LogP contribution in [0.25, 0.3) is 0 Å². The zero-order valence-electron chi connectivity index (χ0n) is 11.5. The lowest BCUT2D eigenvalue weighted by atomic mass is 9.79. The molecule has 3 aliphatic rings. The first kappa shape index (κ1) is 12.4. The van der Waals surface area contributed by atoms with Crippen molar-refractivity contribution < 1.29 is 0 Å². The zero-order chi connectivity index (χ0) is 12.6. The Morgan fingerprint density at radius 3 is 2.83 bits per heavy atom. The largest absolute Gasteiger partial charge is 0.300 e. The van der Waals surface area contributed by atoms with Gasteiger partial charge >= 0.3 is 0 Å². The van der Waals surface area contributed by atoms with Crippen LogP contribution in [0.15, 0.2) is 0 Å². The van der Waals surface area contributed by atoms with Crippen molar-refractivity contribution in [1.82, 2.24) is 10.2 Å². The molecule has 2 saturated carbocycles. The van der Waals surface area contributed by atoms with Crippen LogP contribution in [-0.2, 0) is 0 Å². The third-order valence-corrected chi connectivity index (χ3v) is 5.37. The minimum Gasteiger partial charge on any atom is -0.300 e. The van der Waals surface area contributed by atoms with Crippen LogP contribution in [0.5, 0.6) is 0 Å². The van der Waals surface area contributed by atoms with Gasteiger partial charge < -0.3 is 0 Å². The molecule has 1 saturated heterocycles. The molecule has 4 unspecified atom stereocenters. The van der Waals surface area contributed by atoms with E-state index in [-0.39, 0.29) is 5.54 Å². The van der Waals surface area contributed by atoms with Crippen molar-refractivity contribution in [2.75, 3.05) is 13.1 Å². The number of rotatable bonds is 3. The predicted molar refractivity (Wildman–Crippen MR) is 72.1 cm³/mol. The molecule has 2 aliphatic carbocycles. The molecule has 3 fully saturated rings. The van der Waals surface area contributed by atoms with Gasteiger partial charge in [0, 0.05) is 18.6 Å². The van der Waals surface area contributed by atoms with Gasteiger partial charge in [-0.3, -0.25) is 10.2 Å². The molecule has 0 aromatic rings. The average molecular weight is 247 g/mol. The summed E-state index contributed by atoms with van der Waals surface area (Å²) in [6.07, 6.45) is 8.87. The number of nitrogens with one attached hydrogen (secondary N) is 1. The lowest BCUT2D eigenvalue weighted by Gasteiger charge is -2.43.